The molecular weight excluding hydrogens is 457 g/mol. The van der Waals surface area contributed by atoms with E-state index in [1.165, 1.54) is 0 Å². The monoisotopic (exact) mass is 485 g/mol. The number of methoxy groups -OCH3 is 1. The SMILES string of the molecule is COCCOCCOC(=O)C1=C(C)NC(C)=C(C(=O)OC(C)C)C1c1cccc(Cl)c1Cl. The third-order valence-electron chi connectivity index (χ3n) is 4.73. The van der Waals surface area contributed by atoms with E-state index in [0.717, 1.165) is 0 Å². The molecule has 2 rings (SSSR count). The summed E-state index contributed by atoms with van der Waals surface area (Å²) in [5.41, 5.74) is 2.16. The second kappa shape index (κ2) is 12.3. The molecule has 0 aliphatic carbocycles. The molecule has 1 aromatic rings. The van der Waals surface area contributed by atoms with Gasteiger partial charge in [0.25, 0.3) is 0 Å². The molecule has 0 saturated carbocycles. The third-order valence-corrected chi connectivity index (χ3v) is 5.56. The van der Waals surface area contributed by atoms with Crippen LogP contribution in [0.2, 0.25) is 10.0 Å². The summed E-state index contributed by atoms with van der Waals surface area (Å²) in [6, 6.07) is 5.09. The minimum absolute atomic E-state index is 0.0454. The molecule has 0 spiro atoms. The average Bonchev–Trinajstić information content (AvgIpc) is 2.71. The Kier molecular flexibility index (Phi) is 10.0. The Labute approximate surface area is 198 Å². The first-order valence-corrected chi connectivity index (χ1v) is 11.0. The number of rotatable bonds is 10. The van der Waals surface area contributed by atoms with Crippen LogP contribution >= 0.6 is 23.2 Å². The molecule has 1 atom stereocenters. The molecule has 0 radical (unpaired) electrons. The van der Waals surface area contributed by atoms with E-state index < -0.39 is 17.9 Å². The number of hydrogen-bond acceptors (Lipinski definition) is 7. The normalized spacial score (nSPS) is 16.3. The Morgan fingerprint density at radius 2 is 1.62 bits per heavy atom. The Hall–Kier alpha value is -2.06. The highest BCUT2D eigenvalue weighted by Gasteiger charge is 2.39. The van der Waals surface area contributed by atoms with Crippen LogP contribution in [0.4, 0.5) is 0 Å². The minimum atomic E-state index is -0.810. The van der Waals surface area contributed by atoms with E-state index in [1.807, 2.05) is 0 Å². The smallest absolute Gasteiger partial charge is 0.337 e. The first-order valence-electron chi connectivity index (χ1n) is 10.3. The van der Waals surface area contributed by atoms with E-state index in [9.17, 15) is 9.59 Å². The van der Waals surface area contributed by atoms with Crippen LogP contribution in [0.1, 0.15) is 39.2 Å². The van der Waals surface area contributed by atoms with Crippen molar-refractivity contribution in [2.24, 2.45) is 0 Å². The number of carbonyl (C=O) groups is 2. The number of halogens is 2. The zero-order chi connectivity index (χ0) is 23.8. The fraction of sp³-hybridized carbons (Fsp3) is 0.478. The van der Waals surface area contributed by atoms with Gasteiger partial charge in [0, 0.05) is 18.5 Å². The van der Waals surface area contributed by atoms with Crippen molar-refractivity contribution in [2.75, 3.05) is 33.5 Å². The van der Waals surface area contributed by atoms with Crippen molar-refractivity contribution in [3.63, 3.8) is 0 Å². The van der Waals surface area contributed by atoms with Crippen molar-refractivity contribution in [1.82, 2.24) is 5.32 Å². The standard InChI is InChI=1S/C23H29Cl2NO6/c1-13(2)32-23(28)19-15(4)26-14(3)18(22(27)31-12-11-30-10-9-29-5)20(19)16-7-6-8-17(24)21(16)25/h6-8,13,20,26H,9-12H2,1-5H3. The molecular formula is C23H29Cl2NO6. The lowest BCUT2D eigenvalue weighted by Gasteiger charge is -2.31. The molecule has 1 heterocycles. The topological polar surface area (TPSA) is 83.1 Å². The van der Waals surface area contributed by atoms with Gasteiger partial charge in [-0.15, -0.1) is 0 Å². The molecule has 32 heavy (non-hydrogen) atoms. The van der Waals surface area contributed by atoms with Gasteiger partial charge < -0.3 is 24.3 Å². The number of ether oxygens (including phenoxy) is 4. The third kappa shape index (κ3) is 6.48. The zero-order valence-corrected chi connectivity index (χ0v) is 20.4. The van der Waals surface area contributed by atoms with Crippen LogP contribution in [0.15, 0.2) is 40.7 Å². The molecule has 1 aliphatic rings. The molecule has 1 unspecified atom stereocenters. The molecule has 0 fully saturated rings. The van der Waals surface area contributed by atoms with Gasteiger partial charge in [-0.05, 0) is 39.3 Å². The van der Waals surface area contributed by atoms with E-state index in [-0.39, 0.29) is 35.5 Å². The summed E-state index contributed by atoms with van der Waals surface area (Å²) in [6.07, 6.45) is -0.343. The average molecular weight is 486 g/mol. The Bertz CT molecular complexity index is 910. The summed E-state index contributed by atoms with van der Waals surface area (Å²) in [6.45, 7) is 8.10. The van der Waals surface area contributed by atoms with Gasteiger partial charge in [-0.2, -0.15) is 0 Å². The molecule has 0 aromatic heterocycles. The van der Waals surface area contributed by atoms with Crippen molar-refractivity contribution in [2.45, 2.75) is 39.7 Å². The molecule has 7 nitrogen and oxygen atoms in total. The van der Waals surface area contributed by atoms with Crippen molar-refractivity contribution < 1.29 is 28.5 Å². The second-order valence-electron chi connectivity index (χ2n) is 7.47. The van der Waals surface area contributed by atoms with Crippen molar-refractivity contribution in [3.8, 4) is 0 Å². The maximum absolute atomic E-state index is 13.1. The molecule has 176 valence electrons. The number of hydrogen-bond donors (Lipinski definition) is 1. The molecule has 0 amide bonds. The lowest BCUT2D eigenvalue weighted by atomic mass is 9.80. The maximum Gasteiger partial charge on any atom is 0.337 e. The highest BCUT2D eigenvalue weighted by atomic mass is 35.5. The maximum atomic E-state index is 13.1. The zero-order valence-electron chi connectivity index (χ0n) is 18.9. The fourth-order valence-electron chi connectivity index (χ4n) is 3.38. The predicted molar refractivity (Wildman–Crippen MR) is 123 cm³/mol. The predicted octanol–water partition coefficient (Wildman–Crippen LogP) is 4.39. The lowest BCUT2D eigenvalue weighted by molar-refractivity contribution is -0.143. The van der Waals surface area contributed by atoms with Crippen LogP contribution in [-0.2, 0) is 28.5 Å². The molecule has 0 bridgehead atoms. The van der Waals surface area contributed by atoms with E-state index >= 15 is 0 Å². The summed E-state index contributed by atoms with van der Waals surface area (Å²) < 4.78 is 21.2. The van der Waals surface area contributed by atoms with Crippen LogP contribution < -0.4 is 5.32 Å². The fourth-order valence-corrected chi connectivity index (χ4v) is 3.80. The number of esters is 2. The van der Waals surface area contributed by atoms with Crippen LogP contribution in [-0.4, -0.2) is 51.6 Å². The molecule has 1 aliphatic heterocycles. The highest BCUT2D eigenvalue weighted by Crippen LogP contribution is 2.43. The van der Waals surface area contributed by atoms with Crippen LogP contribution in [0.5, 0.6) is 0 Å². The second-order valence-corrected chi connectivity index (χ2v) is 8.26. The number of benzene rings is 1. The summed E-state index contributed by atoms with van der Waals surface area (Å²) in [5.74, 6) is -1.95. The Balaban J connectivity index is 2.41. The first-order chi connectivity index (χ1) is 15.2. The van der Waals surface area contributed by atoms with E-state index in [0.29, 0.717) is 35.2 Å². The van der Waals surface area contributed by atoms with Crippen LogP contribution in [0.3, 0.4) is 0 Å². The van der Waals surface area contributed by atoms with E-state index in [1.54, 1.807) is 53.0 Å². The van der Waals surface area contributed by atoms with Gasteiger partial charge in [0.15, 0.2) is 0 Å². The minimum Gasteiger partial charge on any atom is -0.460 e. The number of carbonyl (C=O) groups excluding carboxylic acids is 2. The van der Waals surface area contributed by atoms with Crippen molar-refractivity contribution in [3.05, 3.63) is 56.3 Å². The Morgan fingerprint density at radius 1 is 1.00 bits per heavy atom. The summed E-state index contributed by atoms with van der Waals surface area (Å²) in [5, 5.41) is 3.67. The number of dihydropyridines is 1. The van der Waals surface area contributed by atoms with E-state index in [2.05, 4.69) is 5.32 Å². The highest BCUT2D eigenvalue weighted by molar-refractivity contribution is 6.42. The van der Waals surface area contributed by atoms with E-state index in [4.69, 9.17) is 42.1 Å². The molecule has 9 heteroatoms. The van der Waals surface area contributed by atoms with Gasteiger partial charge >= 0.3 is 11.9 Å². The molecule has 1 N–H and O–H groups in total. The van der Waals surface area contributed by atoms with Gasteiger partial charge in [0.2, 0.25) is 0 Å². The van der Waals surface area contributed by atoms with Crippen molar-refractivity contribution in [1.29, 1.82) is 0 Å². The number of nitrogens with one attached hydrogen (secondary N) is 1. The van der Waals surface area contributed by atoms with Gasteiger partial charge in [0.05, 0.1) is 53.0 Å². The van der Waals surface area contributed by atoms with Gasteiger partial charge in [0.1, 0.15) is 6.61 Å². The summed E-state index contributed by atoms with van der Waals surface area (Å²) in [4.78, 5) is 26.2. The van der Waals surface area contributed by atoms with Gasteiger partial charge in [-0.25, -0.2) is 9.59 Å². The van der Waals surface area contributed by atoms with Crippen LogP contribution in [0, 0.1) is 0 Å². The van der Waals surface area contributed by atoms with Gasteiger partial charge in [-0.1, -0.05) is 35.3 Å². The molecule has 0 saturated heterocycles. The lowest BCUT2D eigenvalue weighted by Crippen LogP contribution is -2.33. The van der Waals surface area contributed by atoms with Crippen molar-refractivity contribution >= 4 is 35.1 Å². The van der Waals surface area contributed by atoms with Gasteiger partial charge in [-0.3, -0.25) is 0 Å². The van der Waals surface area contributed by atoms with Crippen LogP contribution in [0.25, 0.3) is 0 Å². The number of allylic oxidation sites excluding steroid dienone is 2. The quantitative estimate of drug-likeness (QED) is 0.388. The summed E-state index contributed by atoms with van der Waals surface area (Å²) >= 11 is 12.8. The summed E-state index contributed by atoms with van der Waals surface area (Å²) in [7, 11) is 1.58. The Morgan fingerprint density at radius 3 is 2.25 bits per heavy atom. The molecule has 1 aromatic carbocycles. The first kappa shape index (κ1) is 26.2. The largest absolute Gasteiger partial charge is 0.460 e.